The molecule has 0 saturated carbocycles. The molecule has 2 atom stereocenters. The van der Waals surface area contributed by atoms with Crippen LogP contribution in [0.2, 0.25) is 0 Å². The van der Waals surface area contributed by atoms with Crippen LogP contribution < -0.4 is 5.32 Å². The predicted molar refractivity (Wildman–Crippen MR) is 94.2 cm³/mol. The number of carbonyl (C=O) groups is 1. The van der Waals surface area contributed by atoms with E-state index < -0.39 is 0 Å². The Labute approximate surface area is 145 Å². The number of benzene rings is 1. The maximum Gasteiger partial charge on any atom is 0.270 e. The molecule has 6 heteroatoms. The molecule has 126 valence electrons. The summed E-state index contributed by atoms with van der Waals surface area (Å²) in [5.74, 6) is -0.124. The lowest BCUT2D eigenvalue weighted by atomic mass is 10.2. The third kappa shape index (κ3) is 3.36. The van der Waals surface area contributed by atoms with E-state index >= 15 is 0 Å². The molecule has 0 radical (unpaired) electrons. The van der Waals surface area contributed by atoms with Gasteiger partial charge in [0, 0.05) is 30.1 Å². The minimum absolute atomic E-state index is 0.0792. The number of aromatic nitrogens is 1. The summed E-state index contributed by atoms with van der Waals surface area (Å²) < 4.78 is 5.88. The normalized spacial score (nSPS) is 23.8. The average Bonchev–Trinajstić information content (AvgIpc) is 3.29. The SMILES string of the molecule is O=C(NC[C@@H]1CN2CCC[C@H]2CO1)c1csc(-c2ccccc2)n1. The van der Waals surface area contributed by atoms with Gasteiger partial charge in [0.1, 0.15) is 10.7 Å². The van der Waals surface area contributed by atoms with E-state index in [2.05, 4.69) is 15.2 Å². The van der Waals surface area contributed by atoms with Gasteiger partial charge >= 0.3 is 0 Å². The van der Waals surface area contributed by atoms with Gasteiger partial charge in [-0.2, -0.15) is 0 Å². The van der Waals surface area contributed by atoms with Crippen LogP contribution in [0.1, 0.15) is 23.3 Å². The number of hydrogen-bond donors (Lipinski definition) is 1. The number of fused-ring (bicyclic) bond motifs is 1. The smallest absolute Gasteiger partial charge is 0.270 e. The van der Waals surface area contributed by atoms with Crippen LogP contribution >= 0.6 is 11.3 Å². The molecule has 2 aromatic rings. The number of nitrogens with one attached hydrogen (secondary N) is 1. The minimum atomic E-state index is -0.124. The molecule has 2 aliphatic heterocycles. The molecule has 1 aromatic carbocycles. The molecule has 0 unspecified atom stereocenters. The van der Waals surface area contributed by atoms with Crippen LogP contribution in [0.4, 0.5) is 0 Å². The number of hydrogen-bond acceptors (Lipinski definition) is 5. The molecular weight excluding hydrogens is 322 g/mol. The van der Waals surface area contributed by atoms with Gasteiger partial charge in [-0.1, -0.05) is 30.3 Å². The van der Waals surface area contributed by atoms with Crippen molar-refractivity contribution >= 4 is 17.2 Å². The first-order valence-electron chi connectivity index (χ1n) is 8.44. The molecule has 2 aliphatic rings. The van der Waals surface area contributed by atoms with E-state index in [1.54, 1.807) is 0 Å². The summed E-state index contributed by atoms with van der Waals surface area (Å²) in [5.41, 5.74) is 1.52. The van der Waals surface area contributed by atoms with E-state index in [0.717, 1.165) is 30.3 Å². The van der Waals surface area contributed by atoms with Crippen LogP contribution in [-0.4, -0.2) is 54.2 Å². The highest BCUT2D eigenvalue weighted by Gasteiger charge is 2.32. The van der Waals surface area contributed by atoms with E-state index in [-0.39, 0.29) is 12.0 Å². The lowest BCUT2D eigenvalue weighted by Gasteiger charge is -2.35. The fraction of sp³-hybridized carbons (Fsp3) is 0.444. The van der Waals surface area contributed by atoms with Gasteiger partial charge < -0.3 is 10.1 Å². The van der Waals surface area contributed by atoms with Gasteiger partial charge in [-0.25, -0.2) is 4.98 Å². The summed E-state index contributed by atoms with van der Waals surface area (Å²) in [7, 11) is 0. The molecule has 0 aliphatic carbocycles. The van der Waals surface area contributed by atoms with Gasteiger partial charge in [0.25, 0.3) is 5.91 Å². The Balaban J connectivity index is 1.33. The molecule has 1 amide bonds. The first kappa shape index (κ1) is 15.7. The first-order chi connectivity index (χ1) is 11.8. The number of carbonyl (C=O) groups excluding carboxylic acids is 1. The Morgan fingerprint density at radius 3 is 3.12 bits per heavy atom. The average molecular weight is 343 g/mol. The molecule has 1 aromatic heterocycles. The summed E-state index contributed by atoms with van der Waals surface area (Å²) in [5, 5.41) is 5.65. The molecule has 3 heterocycles. The van der Waals surface area contributed by atoms with Crippen molar-refractivity contribution in [3.63, 3.8) is 0 Å². The number of rotatable bonds is 4. The van der Waals surface area contributed by atoms with E-state index in [4.69, 9.17) is 4.74 Å². The van der Waals surface area contributed by atoms with Gasteiger partial charge in [-0.15, -0.1) is 11.3 Å². The van der Waals surface area contributed by atoms with Crippen molar-refractivity contribution in [1.29, 1.82) is 0 Å². The van der Waals surface area contributed by atoms with Gasteiger partial charge in [0.2, 0.25) is 0 Å². The molecule has 4 rings (SSSR count). The molecule has 2 fully saturated rings. The highest BCUT2D eigenvalue weighted by Crippen LogP contribution is 2.24. The maximum atomic E-state index is 12.3. The zero-order chi connectivity index (χ0) is 16.4. The zero-order valence-corrected chi connectivity index (χ0v) is 14.3. The second-order valence-electron chi connectivity index (χ2n) is 6.36. The Morgan fingerprint density at radius 1 is 1.38 bits per heavy atom. The lowest BCUT2D eigenvalue weighted by molar-refractivity contribution is -0.0462. The van der Waals surface area contributed by atoms with Crippen molar-refractivity contribution in [2.24, 2.45) is 0 Å². The van der Waals surface area contributed by atoms with Crippen molar-refractivity contribution in [3.8, 4) is 10.6 Å². The third-order valence-corrected chi connectivity index (χ3v) is 5.60. The first-order valence-corrected chi connectivity index (χ1v) is 9.32. The van der Waals surface area contributed by atoms with Crippen LogP contribution in [0.25, 0.3) is 10.6 Å². The molecule has 0 spiro atoms. The van der Waals surface area contributed by atoms with Crippen molar-refractivity contribution in [3.05, 3.63) is 41.4 Å². The van der Waals surface area contributed by atoms with Crippen molar-refractivity contribution in [1.82, 2.24) is 15.2 Å². The highest BCUT2D eigenvalue weighted by molar-refractivity contribution is 7.13. The third-order valence-electron chi connectivity index (χ3n) is 4.71. The zero-order valence-electron chi connectivity index (χ0n) is 13.5. The van der Waals surface area contributed by atoms with Gasteiger partial charge in [0.05, 0.1) is 12.7 Å². The van der Waals surface area contributed by atoms with Gasteiger partial charge in [-0.3, -0.25) is 9.69 Å². The molecule has 0 bridgehead atoms. The van der Waals surface area contributed by atoms with E-state index in [1.165, 1.54) is 24.2 Å². The maximum absolute atomic E-state index is 12.3. The summed E-state index contributed by atoms with van der Waals surface area (Å²) >= 11 is 1.49. The number of amides is 1. The number of ether oxygens (including phenoxy) is 1. The Hall–Kier alpha value is -1.76. The van der Waals surface area contributed by atoms with Gasteiger partial charge in [-0.05, 0) is 19.4 Å². The summed E-state index contributed by atoms with van der Waals surface area (Å²) in [6, 6.07) is 10.5. The molecular formula is C18H21N3O2S. The molecule has 24 heavy (non-hydrogen) atoms. The van der Waals surface area contributed by atoms with Crippen LogP contribution in [0, 0.1) is 0 Å². The van der Waals surface area contributed by atoms with Crippen LogP contribution in [-0.2, 0) is 4.74 Å². The van der Waals surface area contributed by atoms with E-state index in [1.807, 2.05) is 35.7 Å². The number of morpholine rings is 1. The van der Waals surface area contributed by atoms with Crippen LogP contribution in [0.3, 0.4) is 0 Å². The lowest BCUT2D eigenvalue weighted by Crippen LogP contribution is -2.50. The largest absolute Gasteiger partial charge is 0.373 e. The molecule has 1 N–H and O–H groups in total. The van der Waals surface area contributed by atoms with Crippen molar-refractivity contribution in [2.75, 3.05) is 26.2 Å². The fourth-order valence-electron chi connectivity index (χ4n) is 3.40. The summed E-state index contributed by atoms with van der Waals surface area (Å²) in [6.45, 7) is 3.40. The van der Waals surface area contributed by atoms with E-state index in [9.17, 15) is 4.79 Å². The Kier molecular flexibility index (Phi) is 4.60. The quantitative estimate of drug-likeness (QED) is 0.926. The number of nitrogens with zero attached hydrogens (tertiary/aromatic N) is 2. The predicted octanol–water partition coefficient (Wildman–Crippen LogP) is 2.40. The van der Waals surface area contributed by atoms with Crippen LogP contribution in [0.5, 0.6) is 0 Å². The Bertz CT molecular complexity index is 703. The van der Waals surface area contributed by atoms with Crippen LogP contribution in [0.15, 0.2) is 35.7 Å². The van der Waals surface area contributed by atoms with Gasteiger partial charge in [0.15, 0.2) is 0 Å². The fourth-order valence-corrected chi connectivity index (χ4v) is 4.20. The Morgan fingerprint density at radius 2 is 2.25 bits per heavy atom. The van der Waals surface area contributed by atoms with E-state index in [0.29, 0.717) is 18.3 Å². The van der Waals surface area contributed by atoms with Crippen molar-refractivity contribution in [2.45, 2.75) is 25.0 Å². The topological polar surface area (TPSA) is 54.5 Å². The molecule has 2 saturated heterocycles. The molecule has 5 nitrogen and oxygen atoms in total. The summed E-state index contributed by atoms with van der Waals surface area (Å²) in [4.78, 5) is 19.3. The monoisotopic (exact) mass is 343 g/mol. The summed E-state index contributed by atoms with van der Waals surface area (Å²) in [6.07, 6.45) is 2.57. The second-order valence-corrected chi connectivity index (χ2v) is 7.22. The number of thiazole rings is 1. The minimum Gasteiger partial charge on any atom is -0.373 e. The highest BCUT2D eigenvalue weighted by atomic mass is 32.1. The standard InChI is InChI=1S/C18H21N3O2S/c22-17(16-12-24-18(20-16)13-5-2-1-3-6-13)19-9-15-10-21-8-4-7-14(21)11-23-15/h1-3,5-6,12,14-15H,4,7-11H2,(H,19,22)/t14-,15+/m0/s1. The van der Waals surface area contributed by atoms with Crippen molar-refractivity contribution < 1.29 is 9.53 Å². The second kappa shape index (κ2) is 7.01.